The number of rotatable bonds is 1. The van der Waals surface area contributed by atoms with Crippen LogP contribution in [0.3, 0.4) is 0 Å². The van der Waals surface area contributed by atoms with Crippen LogP contribution >= 0.6 is 0 Å². The molecule has 0 aliphatic heterocycles. The highest BCUT2D eigenvalue weighted by Crippen LogP contribution is 2.29. The van der Waals surface area contributed by atoms with Crippen molar-refractivity contribution in [1.82, 2.24) is 4.98 Å². The molecule has 0 amide bonds. The van der Waals surface area contributed by atoms with Crippen LogP contribution in [0.4, 0.5) is 17.1 Å². The lowest BCUT2D eigenvalue weighted by atomic mass is 10.4. The summed E-state index contributed by atoms with van der Waals surface area (Å²) in [4.78, 5) is 1.41. The Morgan fingerprint density at radius 3 is 2.00 bits per heavy atom. The van der Waals surface area contributed by atoms with E-state index in [9.17, 15) is 25.5 Å². The number of nitrogens with one attached hydrogen (secondary N) is 1. The van der Waals surface area contributed by atoms with Gasteiger partial charge in [0.15, 0.2) is 5.03 Å². The lowest BCUT2D eigenvalue weighted by Crippen LogP contribution is -2.05. The van der Waals surface area contributed by atoms with E-state index in [4.69, 9.17) is 0 Å². The maximum Gasteiger partial charge on any atom is 0.431 e. The molecular formula is C5H3F4NO2S. The fraction of sp³-hybridized carbons (Fsp3) is 0.200. The molecule has 74 valence electrons. The Kier molecular flexibility index (Phi) is 2.10. The normalized spacial score (nSPS) is 13.2. The van der Waals surface area contributed by atoms with Gasteiger partial charge < -0.3 is 4.98 Å². The molecule has 1 heterocycles. The van der Waals surface area contributed by atoms with Crippen molar-refractivity contribution < 1.29 is 25.5 Å². The van der Waals surface area contributed by atoms with Gasteiger partial charge in [-0.2, -0.15) is 21.6 Å². The fourth-order valence-corrected chi connectivity index (χ4v) is 1.15. The van der Waals surface area contributed by atoms with Crippen molar-refractivity contribution in [2.24, 2.45) is 0 Å². The van der Waals surface area contributed by atoms with Gasteiger partial charge in [-0.3, -0.25) is 0 Å². The Hall–Kier alpha value is -1.05. The van der Waals surface area contributed by atoms with E-state index >= 15 is 0 Å². The molecule has 1 aromatic rings. The average molecular weight is 217 g/mol. The van der Waals surface area contributed by atoms with Crippen molar-refractivity contribution in [2.75, 3.05) is 0 Å². The van der Waals surface area contributed by atoms with Gasteiger partial charge in [0, 0.05) is 0 Å². The van der Waals surface area contributed by atoms with E-state index in [-0.39, 0.29) is 0 Å². The molecule has 0 aliphatic rings. The second-order valence-electron chi connectivity index (χ2n) is 2.17. The summed E-state index contributed by atoms with van der Waals surface area (Å²) in [6.45, 7) is 0. The van der Waals surface area contributed by atoms with E-state index in [1.54, 1.807) is 0 Å². The summed E-state index contributed by atoms with van der Waals surface area (Å²) >= 11 is 0. The quantitative estimate of drug-likeness (QED) is 0.574. The molecule has 0 unspecified atom stereocenters. The zero-order valence-corrected chi connectivity index (χ0v) is 6.71. The molecular weight excluding hydrogens is 214 g/mol. The molecule has 0 fully saturated rings. The Labute approximate surface area is 70.6 Å². The molecule has 13 heavy (non-hydrogen) atoms. The number of aromatic amines is 1. The smallest absolute Gasteiger partial charge is 0.340 e. The third-order valence-electron chi connectivity index (χ3n) is 1.23. The van der Waals surface area contributed by atoms with E-state index in [0.717, 1.165) is 0 Å². The molecule has 0 radical (unpaired) electrons. The Morgan fingerprint density at radius 2 is 1.77 bits per heavy atom. The number of hydrogen-bond acceptors (Lipinski definition) is 2. The first-order valence-corrected chi connectivity index (χ1v) is 4.30. The SMILES string of the molecule is O=S(=O)(F)c1ccc(C(F)(F)F)[nH]1. The number of halogens is 4. The van der Waals surface area contributed by atoms with Crippen molar-refractivity contribution in [3.05, 3.63) is 17.8 Å². The largest absolute Gasteiger partial charge is 0.431 e. The highest BCUT2D eigenvalue weighted by Gasteiger charge is 2.33. The molecule has 0 bridgehead atoms. The second-order valence-corrected chi connectivity index (χ2v) is 3.49. The van der Waals surface area contributed by atoms with Crippen LogP contribution < -0.4 is 0 Å². The number of H-pyrrole nitrogens is 1. The van der Waals surface area contributed by atoms with E-state index in [1.165, 1.54) is 4.98 Å². The molecule has 1 N–H and O–H groups in total. The van der Waals surface area contributed by atoms with Crippen LogP contribution in [0.25, 0.3) is 0 Å². The molecule has 0 spiro atoms. The summed E-state index contributed by atoms with van der Waals surface area (Å²) in [6, 6.07) is 0.963. The summed E-state index contributed by atoms with van der Waals surface area (Å²) in [5.74, 6) is 0. The standard InChI is InChI=1S/C5H3F4NO2S/c6-5(7,8)3-1-2-4(10-3)13(9,11)12/h1-2,10H. The van der Waals surface area contributed by atoms with Gasteiger partial charge in [-0.05, 0) is 12.1 Å². The van der Waals surface area contributed by atoms with Crippen LogP contribution in [0, 0.1) is 0 Å². The van der Waals surface area contributed by atoms with Gasteiger partial charge in [-0.15, -0.1) is 0 Å². The van der Waals surface area contributed by atoms with Crippen molar-refractivity contribution in [3.8, 4) is 0 Å². The lowest BCUT2D eigenvalue weighted by Gasteiger charge is -2.01. The molecule has 0 saturated carbocycles. The van der Waals surface area contributed by atoms with Crippen LogP contribution in [0.15, 0.2) is 17.2 Å². The molecule has 0 atom stereocenters. The van der Waals surface area contributed by atoms with E-state index in [1.807, 2.05) is 0 Å². The third-order valence-corrected chi connectivity index (χ3v) is 1.99. The molecule has 1 rings (SSSR count). The van der Waals surface area contributed by atoms with Crippen molar-refractivity contribution in [2.45, 2.75) is 11.2 Å². The monoisotopic (exact) mass is 217 g/mol. The van der Waals surface area contributed by atoms with E-state index in [0.29, 0.717) is 12.1 Å². The Balaban J connectivity index is 3.16. The zero-order chi connectivity index (χ0) is 10.3. The Bertz CT molecular complexity index is 404. The first-order chi connectivity index (χ1) is 5.71. The van der Waals surface area contributed by atoms with Crippen molar-refractivity contribution in [3.63, 3.8) is 0 Å². The molecule has 8 heteroatoms. The highest BCUT2D eigenvalue weighted by molar-refractivity contribution is 7.86. The maximum atomic E-state index is 12.1. The van der Waals surface area contributed by atoms with Gasteiger partial charge >= 0.3 is 16.4 Å². The van der Waals surface area contributed by atoms with Crippen molar-refractivity contribution in [1.29, 1.82) is 0 Å². The summed E-state index contributed by atoms with van der Waals surface area (Å²) in [6.07, 6.45) is -4.71. The first-order valence-electron chi connectivity index (χ1n) is 2.92. The molecule has 0 aliphatic carbocycles. The molecule has 3 nitrogen and oxygen atoms in total. The van der Waals surface area contributed by atoms with Crippen LogP contribution in [0.1, 0.15) is 5.69 Å². The minimum absolute atomic E-state index is 0.451. The van der Waals surface area contributed by atoms with Gasteiger partial charge in [-0.1, -0.05) is 3.89 Å². The molecule has 0 aromatic carbocycles. The van der Waals surface area contributed by atoms with Gasteiger partial charge in [0.2, 0.25) is 0 Å². The second kappa shape index (κ2) is 2.72. The number of aromatic nitrogens is 1. The number of alkyl halides is 3. The minimum atomic E-state index is -5.10. The summed E-state index contributed by atoms with van der Waals surface area (Å²) in [5, 5.41) is -1.10. The summed E-state index contributed by atoms with van der Waals surface area (Å²) in [7, 11) is -5.10. The van der Waals surface area contributed by atoms with Gasteiger partial charge in [0.1, 0.15) is 5.69 Å². The van der Waals surface area contributed by atoms with Gasteiger partial charge in [0.25, 0.3) is 0 Å². The predicted molar refractivity (Wildman–Crippen MR) is 34.1 cm³/mol. The zero-order valence-electron chi connectivity index (χ0n) is 5.89. The van der Waals surface area contributed by atoms with Crippen LogP contribution in [-0.4, -0.2) is 13.4 Å². The Morgan fingerprint density at radius 1 is 1.23 bits per heavy atom. The molecule has 1 aromatic heterocycles. The fourth-order valence-electron chi connectivity index (χ4n) is 0.683. The third kappa shape index (κ3) is 2.20. The molecule has 0 saturated heterocycles. The lowest BCUT2D eigenvalue weighted by molar-refractivity contribution is -0.141. The highest BCUT2D eigenvalue weighted by atomic mass is 32.3. The van der Waals surface area contributed by atoms with Crippen LogP contribution in [-0.2, 0) is 16.4 Å². The number of hydrogen-bond donors (Lipinski definition) is 1. The maximum absolute atomic E-state index is 12.1. The van der Waals surface area contributed by atoms with E-state index < -0.39 is 27.1 Å². The summed E-state index contributed by atoms with van der Waals surface area (Å²) in [5.41, 5.74) is -1.30. The van der Waals surface area contributed by atoms with Crippen molar-refractivity contribution >= 4 is 10.2 Å². The summed E-state index contributed by atoms with van der Waals surface area (Å²) < 4.78 is 67.8. The van der Waals surface area contributed by atoms with Crippen LogP contribution in [0.5, 0.6) is 0 Å². The minimum Gasteiger partial charge on any atom is -0.340 e. The van der Waals surface area contributed by atoms with Gasteiger partial charge in [-0.25, -0.2) is 0 Å². The first kappa shape index (κ1) is 10.0. The van der Waals surface area contributed by atoms with Gasteiger partial charge in [0.05, 0.1) is 0 Å². The topological polar surface area (TPSA) is 49.9 Å². The predicted octanol–water partition coefficient (Wildman–Crippen LogP) is 1.69. The average Bonchev–Trinajstić information content (AvgIpc) is 2.28. The van der Waals surface area contributed by atoms with E-state index in [2.05, 4.69) is 0 Å². The van der Waals surface area contributed by atoms with Crippen LogP contribution in [0.2, 0.25) is 0 Å².